The number of aromatic nitrogens is 1. The molecular weight excluding hydrogens is 458 g/mol. The Kier molecular flexibility index (Phi) is 7.08. The molecular formula is C27H27N5O4. The summed E-state index contributed by atoms with van der Waals surface area (Å²) >= 11 is 0. The highest BCUT2D eigenvalue weighted by Crippen LogP contribution is 2.30. The maximum absolute atomic E-state index is 13.5. The molecule has 4 aromatic rings. The number of nitriles is 1. The summed E-state index contributed by atoms with van der Waals surface area (Å²) in [6.07, 6.45) is 1.48. The van der Waals surface area contributed by atoms with E-state index in [0.29, 0.717) is 44.2 Å². The van der Waals surface area contributed by atoms with E-state index in [9.17, 15) is 14.9 Å². The summed E-state index contributed by atoms with van der Waals surface area (Å²) in [5.41, 5.74) is 2.11. The van der Waals surface area contributed by atoms with Crippen LogP contribution >= 0.6 is 0 Å². The van der Waals surface area contributed by atoms with Crippen LogP contribution in [0.25, 0.3) is 10.9 Å². The second kappa shape index (κ2) is 10.4. The normalized spacial score (nSPS) is 13.2. The molecule has 1 saturated heterocycles. The number of rotatable bonds is 5. The van der Waals surface area contributed by atoms with Gasteiger partial charge in [0.25, 0.3) is 11.5 Å². The average Bonchev–Trinajstić information content (AvgIpc) is 3.45. The van der Waals surface area contributed by atoms with E-state index in [-0.39, 0.29) is 23.2 Å². The molecule has 0 saturated carbocycles. The predicted octanol–water partition coefficient (Wildman–Crippen LogP) is 3.65. The van der Waals surface area contributed by atoms with Gasteiger partial charge in [-0.25, -0.2) is 0 Å². The first kappa shape index (κ1) is 24.6. The molecule has 9 nitrogen and oxygen atoms in total. The van der Waals surface area contributed by atoms with E-state index in [0.717, 1.165) is 22.2 Å². The van der Waals surface area contributed by atoms with Crippen molar-refractivity contribution in [1.29, 1.82) is 5.26 Å². The predicted molar refractivity (Wildman–Crippen MR) is 137 cm³/mol. The highest BCUT2D eigenvalue weighted by molar-refractivity contribution is 5.95. The van der Waals surface area contributed by atoms with E-state index in [1.165, 1.54) is 6.26 Å². The third kappa shape index (κ3) is 4.42. The molecule has 0 atom stereocenters. The standard InChI is InChI=1S/C27H24N4O4.H3N/c1-34-20-10-8-19(9-11-20)18-31-23-6-3-2-5-21(23)25(22(17-28)26(31)32)29-12-14-30(15-13-29)27(33)24-7-4-16-35-24;/h2-11,16H,12-15,18H2,1H3;1H3. The van der Waals surface area contributed by atoms with Crippen LogP contribution < -0.4 is 21.3 Å². The fourth-order valence-corrected chi connectivity index (χ4v) is 4.58. The topological polar surface area (TPSA) is 127 Å². The Balaban J connectivity index is 0.00000304. The number of anilines is 1. The molecule has 1 aliphatic heterocycles. The maximum Gasteiger partial charge on any atom is 0.289 e. The van der Waals surface area contributed by atoms with E-state index in [1.54, 1.807) is 28.7 Å². The highest BCUT2D eigenvalue weighted by Gasteiger charge is 2.27. The van der Waals surface area contributed by atoms with E-state index < -0.39 is 0 Å². The number of hydrogen-bond donors (Lipinski definition) is 1. The van der Waals surface area contributed by atoms with Gasteiger partial charge in [0.2, 0.25) is 0 Å². The Morgan fingerprint density at radius 2 is 1.75 bits per heavy atom. The zero-order valence-electron chi connectivity index (χ0n) is 20.0. The molecule has 1 aliphatic rings. The third-order valence-electron chi connectivity index (χ3n) is 6.37. The third-order valence-corrected chi connectivity index (χ3v) is 6.37. The van der Waals surface area contributed by atoms with E-state index >= 15 is 0 Å². The van der Waals surface area contributed by atoms with Gasteiger partial charge in [-0.3, -0.25) is 9.59 Å². The van der Waals surface area contributed by atoms with Crippen molar-refractivity contribution in [2.24, 2.45) is 0 Å². The number of pyridine rings is 1. The number of furan rings is 1. The summed E-state index contributed by atoms with van der Waals surface area (Å²) < 4.78 is 12.1. The van der Waals surface area contributed by atoms with Gasteiger partial charge in [-0.05, 0) is 35.9 Å². The molecule has 2 aromatic carbocycles. The summed E-state index contributed by atoms with van der Waals surface area (Å²) in [6.45, 7) is 2.28. The zero-order valence-corrected chi connectivity index (χ0v) is 20.0. The van der Waals surface area contributed by atoms with Crippen molar-refractivity contribution in [2.45, 2.75) is 6.54 Å². The lowest BCUT2D eigenvalue weighted by Crippen LogP contribution is -2.49. The van der Waals surface area contributed by atoms with Crippen LogP contribution in [0.1, 0.15) is 21.7 Å². The van der Waals surface area contributed by atoms with Crippen molar-refractivity contribution in [3.63, 3.8) is 0 Å². The van der Waals surface area contributed by atoms with Crippen LogP contribution in [0.3, 0.4) is 0 Å². The van der Waals surface area contributed by atoms with E-state index in [1.807, 2.05) is 53.4 Å². The Labute approximate surface area is 208 Å². The molecule has 0 unspecified atom stereocenters. The molecule has 3 heterocycles. The molecule has 9 heteroatoms. The fourth-order valence-electron chi connectivity index (χ4n) is 4.58. The molecule has 0 spiro atoms. The van der Waals surface area contributed by atoms with Crippen molar-refractivity contribution in [3.8, 4) is 11.8 Å². The number of carbonyl (C=O) groups is 1. The Morgan fingerprint density at radius 3 is 2.39 bits per heavy atom. The molecule has 2 aromatic heterocycles. The number of methoxy groups -OCH3 is 1. The van der Waals surface area contributed by atoms with E-state index in [2.05, 4.69) is 6.07 Å². The molecule has 1 amide bonds. The van der Waals surface area contributed by atoms with Crippen LogP contribution in [0.2, 0.25) is 0 Å². The van der Waals surface area contributed by atoms with Gasteiger partial charge >= 0.3 is 0 Å². The van der Waals surface area contributed by atoms with Crippen LogP contribution in [0, 0.1) is 11.3 Å². The minimum absolute atomic E-state index is 0. The Morgan fingerprint density at radius 1 is 1.03 bits per heavy atom. The van der Waals surface area contributed by atoms with Gasteiger partial charge in [-0.1, -0.05) is 30.3 Å². The maximum atomic E-state index is 13.5. The molecule has 0 aliphatic carbocycles. The molecule has 5 rings (SSSR count). The Bertz CT molecular complexity index is 1460. The number of piperazine rings is 1. The number of para-hydroxylation sites is 1. The largest absolute Gasteiger partial charge is 0.497 e. The van der Waals surface area contributed by atoms with Crippen LogP contribution in [-0.4, -0.2) is 48.7 Å². The summed E-state index contributed by atoms with van der Waals surface area (Å²) in [5.74, 6) is 0.890. The van der Waals surface area contributed by atoms with E-state index in [4.69, 9.17) is 9.15 Å². The SMILES string of the molecule is COc1ccc(Cn2c(=O)c(C#N)c(N3CCN(C(=O)c4ccco4)CC3)c3ccccc32)cc1.N. The van der Waals surface area contributed by atoms with Gasteiger partial charge in [0.05, 0.1) is 31.1 Å². The van der Waals surface area contributed by atoms with Crippen molar-refractivity contribution in [1.82, 2.24) is 15.6 Å². The van der Waals surface area contributed by atoms with Crippen LogP contribution in [0.15, 0.2) is 76.1 Å². The highest BCUT2D eigenvalue weighted by atomic mass is 16.5. The molecule has 0 radical (unpaired) electrons. The van der Waals surface area contributed by atoms with Crippen LogP contribution in [0.5, 0.6) is 5.75 Å². The summed E-state index contributed by atoms with van der Waals surface area (Å²) in [7, 11) is 1.61. The minimum Gasteiger partial charge on any atom is -0.497 e. The fraction of sp³-hybridized carbons (Fsp3) is 0.222. The van der Waals surface area contributed by atoms with Crippen molar-refractivity contribution >= 4 is 22.5 Å². The smallest absolute Gasteiger partial charge is 0.289 e. The monoisotopic (exact) mass is 485 g/mol. The first-order chi connectivity index (χ1) is 17.1. The average molecular weight is 486 g/mol. The number of ether oxygens (including phenoxy) is 1. The second-order valence-corrected chi connectivity index (χ2v) is 8.35. The van der Waals surface area contributed by atoms with Crippen molar-refractivity contribution < 1.29 is 13.9 Å². The summed E-state index contributed by atoms with van der Waals surface area (Å²) in [5, 5.41) is 10.9. The molecule has 3 N–H and O–H groups in total. The van der Waals surface area contributed by atoms with Gasteiger partial charge in [-0.2, -0.15) is 5.26 Å². The molecule has 36 heavy (non-hydrogen) atoms. The molecule has 1 fully saturated rings. The number of hydrogen-bond acceptors (Lipinski definition) is 7. The zero-order chi connectivity index (χ0) is 24.4. The number of nitrogens with zero attached hydrogens (tertiary/aromatic N) is 4. The minimum atomic E-state index is -0.328. The lowest BCUT2D eigenvalue weighted by molar-refractivity contribution is 0.0715. The quantitative estimate of drug-likeness (QED) is 0.457. The number of fused-ring (bicyclic) bond motifs is 1. The van der Waals surface area contributed by atoms with Gasteiger partial charge in [-0.15, -0.1) is 0 Å². The van der Waals surface area contributed by atoms with Gasteiger partial charge < -0.3 is 29.7 Å². The first-order valence-corrected chi connectivity index (χ1v) is 11.4. The van der Waals surface area contributed by atoms with Crippen molar-refractivity contribution in [3.05, 3.63) is 94.2 Å². The number of benzene rings is 2. The van der Waals surface area contributed by atoms with Crippen LogP contribution in [0.4, 0.5) is 5.69 Å². The van der Waals surface area contributed by atoms with Crippen molar-refractivity contribution in [2.75, 3.05) is 38.2 Å². The lowest BCUT2D eigenvalue weighted by Gasteiger charge is -2.36. The van der Waals surface area contributed by atoms with Crippen LogP contribution in [-0.2, 0) is 6.54 Å². The number of carbonyl (C=O) groups excluding carboxylic acids is 1. The van der Waals surface area contributed by atoms with Gasteiger partial charge in [0, 0.05) is 31.6 Å². The first-order valence-electron chi connectivity index (χ1n) is 11.4. The molecule has 184 valence electrons. The van der Waals surface area contributed by atoms with Gasteiger partial charge in [0.1, 0.15) is 17.4 Å². The number of amides is 1. The summed E-state index contributed by atoms with van der Waals surface area (Å²) in [6, 6.07) is 20.7. The molecule has 0 bridgehead atoms. The van der Waals surface area contributed by atoms with Gasteiger partial charge in [0.15, 0.2) is 5.76 Å². The Hall–Kier alpha value is -4.55. The second-order valence-electron chi connectivity index (χ2n) is 8.35. The lowest BCUT2D eigenvalue weighted by atomic mass is 10.1. The summed E-state index contributed by atoms with van der Waals surface area (Å²) in [4.78, 5) is 30.0.